The molecule has 4 heteroatoms. The molecule has 20 heavy (non-hydrogen) atoms. The van der Waals surface area contributed by atoms with Crippen LogP contribution in [-0.2, 0) is 0 Å². The van der Waals surface area contributed by atoms with Crippen LogP contribution in [0.1, 0.15) is 21.5 Å². The molecule has 0 radical (unpaired) electrons. The van der Waals surface area contributed by atoms with E-state index in [2.05, 4.69) is 0 Å². The highest BCUT2D eigenvalue weighted by molar-refractivity contribution is 6.35. The third-order valence-electron chi connectivity index (χ3n) is 3.01. The summed E-state index contributed by atoms with van der Waals surface area (Å²) in [5.74, 6) is 0.955. The highest BCUT2D eigenvalue weighted by Gasteiger charge is 2.15. The third-order valence-corrected chi connectivity index (χ3v) is 3.33. The topological polar surface area (TPSA) is 35.5 Å². The maximum absolute atomic E-state index is 12.5. The second-order valence-electron chi connectivity index (χ2n) is 4.38. The first-order chi connectivity index (χ1) is 9.56. The molecule has 0 unspecified atom stereocenters. The zero-order valence-electron chi connectivity index (χ0n) is 11.6. The Morgan fingerprint density at radius 1 is 1.00 bits per heavy atom. The van der Waals surface area contributed by atoms with Gasteiger partial charge in [-0.2, -0.15) is 0 Å². The molecule has 2 aromatic rings. The zero-order chi connectivity index (χ0) is 14.7. The van der Waals surface area contributed by atoms with E-state index in [9.17, 15) is 4.79 Å². The standard InChI is InChI=1S/C16H15ClO3/c1-10-4-6-12(13(17)8-10)16(18)11-5-7-14(19-2)15(9-11)20-3/h4-9H,1-3H3. The van der Waals surface area contributed by atoms with E-state index in [0.29, 0.717) is 27.6 Å². The van der Waals surface area contributed by atoms with E-state index in [1.54, 1.807) is 37.4 Å². The van der Waals surface area contributed by atoms with Crippen LogP contribution < -0.4 is 9.47 Å². The molecule has 3 nitrogen and oxygen atoms in total. The second-order valence-corrected chi connectivity index (χ2v) is 4.79. The summed E-state index contributed by atoms with van der Waals surface area (Å²) in [6, 6.07) is 10.4. The van der Waals surface area contributed by atoms with Crippen molar-refractivity contribution in [3.05, 3.63) is 58.1 Å². The Kier molecular flexibility index (Phi) is 4.30. The summed E-state index contributed by atoms with van der Waals surface area (Å²) < 4.78 is 10.4. The van der Waals surface area contributed by atoms with Gasteiger partial charge in [0, 0.05) is 11.1 Å². The minimum atomic E-state index is -0.143. The van der Waals surface area contributed by atoms with Gasteiger partial charge in [0.05, 0.1) is 19.2 Å². The van der Waals surface area contributed by atoms with E-state index < -0.39 is 0 Å². The fraction of sp³-hybridized carbons (Fsp3) is 0.188. The van der Waals surface area contributed by atoms with Gasteiger partial charge in [-0.05, 0) is 42.8 Å². The van der Waals surface area contributed by atoms with Crippen LogP contribution in [0.4, 0.5) is 0 Å². The second kappa shape index (κ2) is 5.97. The number of ketones is 1. The van der Waals surface area contributed by atoms with Gasteiger partial charge in [0.2, 0.25) is 0 Å². The predicted octanol–water partition coefficient (Wildman–Crippen LogP) is 3.90. The maximum Gasteiger partial charge on any atom is 0.194 e. The molecule has 0 aliphatic rings. The Labute approximate surface area is 123 Å². The molecule has 0 aromatic heterocycles. The highest BCUT2D eigenvalue weighted by Crippen LogP contribution is 2.29. The first kappa shape index (κ1) is 14.4. The van der Waals surface area contributed by atoms with Gasteiger partial charge in [0.15, 0.2) is 17.3 Å². The Hall–Kier alpha value is -2.00. The summed E-state index contributed by atoms with van der Waals surface area (Å²) in [5.41, 5.74) is 2.00. The van der Waals surface area contributed by atoms with Crippen molar-refractivity contribution in [1.82, 2.24) is 0 Å². The van der Waals surface area contributed by atoms with Crippen molar-refractivity contribution in [2.75, 3.05) is 14.2 Å². The molecule has 0 aliphatic heterocycles. The van der Waals surface area contributed by atoms with Crippen molar-refractivity contribution in [3.63, 3.8) is 0 Å². The average Bonchev–Trinajstić information content (AvgIpc) is 2.45. The summed E-state index contributed by atoms with van der Waals surface area (Å²) in [4.78, 5) is 12.5. The lowest BCUT2D eigenvalue weighted by Gasteiger charge is -2.10. The zero-order valence-corrected chi connectivity index (χ0v) is 12.3. The van der Waals surface area contributed by atoms with Gasteiger partial charge in [-0.15, -0.1) is 0 Å². The van der Waals surface area contributed by atoms with Crippen LogP contribution in [0.2, 0.25) is 5.02 Å². The predicted molar refractivity (Wildman–Crippen MR) is 79.2 cm³/mol. The number of halogens is 1. The summed E-state index contributed by atoms with van der Waals surface area (Å²) in [5, 5.41) is 0.449. The van der Waals surface area contributed by atoms with E-state index in [1.807, 2.05) is 13.0 Å². The van der Waals surface area contributed by atoms with Gasteiger partial charge in [-0.25, -0.2) is 0 Å². The van der Waals surface area contributed by atoms with Crippen LogP contribution in [0.3, 0.4) is 0 Å². The first-order valence-corrected chi connectivity index (χ1v) is 6.47. The molecule has 2 aromatic carbocycles. The number of ether oxygens (including phenoxy) is 2. The number of methoxy groups -OCH3 is 2. The van der Waals surface area contributed by atoms with Crippen molar-refractivity contribution >= 4 is 17.4 Å². The SMILES string of the molecule is COc1ccc(C(=O)c2ccc(C)cc2Cl)cc1OC. The lowest BCUT2D eigenvalue weighted by molar-refractivity contribution is 0.103. The maximum atomic E-state index is 12.5. The average molecular weight is 291 g/mol. The van der Waals surface area contributed by atoms with Gasteiger partial charge < -0.3 is 9.47 Å². The molecular formula is C16H15ClO3. The number of aryl methyl sites for hydroxylation is 1. The molecule has 0 spiro atoms. The molecule has 0 fully saturated rings. The van der Waals surface area contributed by atoms with Gasteiger partial charge in [-0.1, -0.05) is 17.7 Å². The first-order valence-electron chi connectivity index (χ1n) is 6.09. The van der Waals surface area contributed by atoms with Crippen LogP contribution in [0, 0.1) is 6.92 Å². The number of hydrogen-bond donors (Lipinski definition) is 0. The van der Waals surface area contributed by atoms with E-state index in [4.69, 9.17) is 21.1 Å². The van der Waals surface area contributed by atoms with Crippen molar-refractivity contribution in [2.45, 2.75) is 6.92 Å². The minimum Gasteiger partial charge on any atom is -0.493 e. The summed E-state index contributed by atoms with van der Waals surface area (Å²) in [6.07, 6.45) is 0. The Balaban J connectivity index is 2.43. The monoisotopic (exact) mass is 290 g/mol. The van der Waals surface area contributed by atoms with Crippen LogP contribution in [0.25, 0.3) is 0 Å². The summed E-state index contributed by atoms with van der Waals surface area (Å²) in [6.45, 7) is 1.93. The van der Waals surface area contributed by atoms with E-state index >= 15 is 0 Å². The van der Waals surface area contributed by atoms with Gasteiger partial charge in [0.25, 0.3) is 0 Å². The number of carbonyl (C=O) groups excluding carboxylic acids is 1. The van der Waals surface area contributed by atoms with Gasteiger partial charge in [-0.3, -0.25) is 4.79 Å². The number of rotatable bonds is 4. The molecule has 2 rings (SSSR count). The Bertz CT molecular complexity index is 650. The molecule has 0 aliphatic carbocycles. The van der Waals surface area contributed by atoms with E-state index in [0.717, 1.165) is 5.56 Å². The van der Waals surface area contributed by atoms with Crippen molar-refractivity contribution in [1.29, 1.82) is 0 Å². The molecule has 0 saturated heterocycles. The molecule has 0 bridgehead atoms. The molecule has 0 N–H and O–H groups in total. The van der Waals surface area contributed by atoms with Gasteiger partial charge >= 0.3 is 0 Å². The molecule has 104 valence electrons. The van der Waals surface area contributed by atoms with Crippen LogP contribution in [0.15, 0.2) is 36.4 Å². The van der Waals surface area contributed by atoms with E-state index in [-0.39, 0.29) is 5.78 Å². The fourth-order valence-corrected chi connectivity index (χ4v) is 2.26. The lowest BCUT2D eigenvalue weighted by atomic mass is 10.0. The Morgan fingerprint density at radius 3 is 2.30 bits per heavy atom. The molecular weight excluding hydrogens is 276 g/mol. The lowest BCUT2D eigenvalue weighted by Crippen LogP contribution is -2.03. The van der Waals surface area contributed by atoms with Gasteiger partial charge in [0.1, 0.15) is 0 Å². The number of hydrogen-bond acceptors (Lipinski definition) is 3. The summed E-state index contributed by atoms with van der Waals surface area (Å²) in [7, 11) is 3.08. The third kappa shape index (κ3) is 2.78. The van der Waals surface area contributed by atoms with Crippen molar-refractivity contribution < 1.29 is 14.3 Å². The normalized spacial score (nSPS) is 10.2. The largest absolute Gasteiger partial charge is 0.493 e. The smallest absolute Gasteiger partial charge is 0.194 e. The minimum absolute atomic E-state index is 0.143. The van der Waals surface area contributed by atoms with Crippen LogP contribution in [-0.4, -0.2) is 20.0 Å². The quantitative estimate of drug-likeness (QED) is 0.801. The van der Waals surface area contributed by atoms with Crippen LogP contribution in [0.5, 0.6) is 11.5 Å². The number of carbonyl (C=O) groups is 1. The van der Waals surface area contributed by atoms with Crippen LogP contribution >= 0.6 is 11.6 Å². The van der Waals surface area contributed by atoms with Crippen molar-refractivity contribution in [2.24, 2.45) is 0 Å². The Morgan fingerprint density at radius 2 is 1.70 bits per heavy atom. The number of benzene rings is 2. The molecule has 0 atom stereocenters. The summed E-state index contributed by atoms with van der Waals surface area (Å²) >= 11 is 6.13. The molecule has 0 saturated carbocycles. The molecule has 0 heterocycles. The highest BCUT2D eigenvalue weighted by atomic mass is 35.5. The van der Waals surface area contributed by atoms with E-state index in [1.165, 1.54) is 7.11 Å². The van der Waals surface area contributed by atoms with Crippen molar-refractivity contribution in [3.8, 4) is 11.5 Å². The molecule has 0 amide bonds. The fourth-order valence-electron chi connectivity index (χ4n) is 1.94.